The SMILES string of the molecule is CCOCCCNC(=O)Cc1csc(-c2cccc(CN3CCOCC3)c2)n1. The van der Waals surface area contributed by atoms with Crippen LogP contribution in [-0.4, -0.2) is 61.9 Å². The van der Waals surface area contributed by atoms with Crippen molar-refractivity contribution < 1.29 is 14.3 Å². The Hall–Kier alpha value is -1.80. The fourth-order valence-corrected chi connectivity index (χ4v) is 3.93. The number of carbonyl (C=O) groups is 1. The molecule has 0 unspecified atom stereocenters. The molecule has 0 radical (unpaired) electrons. The second-order valence-corrected chi connectivity index (χ2v) is 7.67. The quantitative estimate of drug-likeness (QED) is 0.618. The van der Waals surface area contributed by atoms with Gasteiger partial charge in [-0.1, -0.05) is 18.2 Å². The molecule has 1 saturated heterocycles. The molecule has 1 aliphatic heterocycles. The van der Waals surface area contributed by atoms with Gasteiger partial charge < -0.3 is 14.8 Å². The smallest absolute Gasteiger partial charge is 0.226 e. The van der Waals surface area contributed by atoms with E-state index in [0.29, 0.717) is 26.2 Å². The van der Waals surface area contributed by atoms with Gasteiger partial charge in [0.05, 0.1) is 25.3 Å². The summed E-state index contributed by atoms with van der Waals surface area (Å²) in [4.78, 5) is 19.1. The van der Waals surface area contributed by atoms with Crippen LogP contribution < -0.4 is 5.32 Å². The lowest BCUT2D eigenvalue weighted by atomic mass is 10.1. The van der Waals surface area contributed by atoms with Crippen molar-refractivity contribution >= 4 is 17.2 Å². The van der Waals surface area contributed by atoms with Crippen LogP contribution in [0.3, 0.4) is 0 Å². The first-order valence-electron chi connectivity index (χ1n) is 9.93. The van der Waals surface area contributed by atoms with Crippen LogP contribution in [0.15, 0.2) is 29.6 Å². The number of nitrogens with zero attached hydrogens (tertiary/aromatic N) is 2. The molecule has 1 aromatic carbocycles. The number of benzene rings is 1. The molecule has 7 heteroatoms. The Morgan fingerprint density at radius 1 is 1.36 bits per heavy atom. The lowest BCUT2D eigenvalue weighted by Crippen LogP contribution is -2.35. The number of hydrogen-bond donors (Lipinski definition) is 1. The summed E-state index contributed by atoms with van der Waals surface area (Å²) in [6, 6.07) is 8.52. The summed E-state index contributed by atoms with van der Waals surface area (Å²) in [6.07, 6.45) is 1.15. The van der Waals surface area contributed by atoms with Crippen molar-refractivity contribution in [2.24, 2.45) is 0 Å². The molecule has 1 aliphatic rings. The van der Waals surface area contributed by atoms with Crippen LogP contribution in [0.25, 0.3) is 10.6 Å². The largest absolute Gasteiger partial charge is 0.382 e. The standard InChI is InChI=1S/C21H29N3O3S/c1-2-26-10-4-7-22-20(25)14-19-16-28-21(23-19)18-6-3-5-17(13-18)15-24-8-11-27-12-9-24/h3,5-6,13,16H,2,4,7-12,14-15H2,1H3,(H,22,25). The van der Waals surface area contributed by atoms with Crippen LogP contribution in [-0.2, 0) is 27.2 Å². The topological polar surface area (TPSA) is 63.7 Å². The van der Waals surface area contributed by atoms with E-state index in [1.54, 1.807) is 11.3 Å². The van der Waals surface area contributed by atoms with Crippen molar-refractivity contribution in [3.8, 4) is 10.6 Å². The van der Waals surface area contributed by atoms with Gasteiger partial charge in [-0.15, -0.1) is 11.3 Å². The number of hydrogen-bond acceptors (Lipinski definition) is 6. The number of thiazole rings is 1. The van der Waals surface area contributed by atoms with Crippen LogP contribution in [0.2, 0.25) is 0 Å². The molecule has 6 nitrogen and oxygen atoms in total. The average Bonchev–Trinajstić information content (AvgIpc) is 3.17. The van der Waals surface area contributed by atoms with E-state index in [2.05, 4.69) is 39.5 Å². The van der Waals surface area contributed by atoms with Gasteiger partial charge in [-0.3, -0.25) is 9.69 Å². The second kappa shape index (κ2) is 11.3. The monoisotopic (exact) mass is 403 g/mol. The lowest BCUT2D eigenvalue weighted by molar-refractivity contribution is -0.120. The van der Waals surface area contributed by atoms with Crippen molar-refractivity contribution in [1.82, 2.24) is 15.2 Å². The van der Waals surface area contributed by atoms with Gasteiger partial charge in [0.25, 0.3) is 0 Å². The Labute approximate surface area is 170 Å². The summed E-state index contributed by atoms with van der Waals surface area (Å²) < 4.78 is 10.7. The maximum atomic E-state index is 12.1. The van der Waals surface area contributed by atoms with E-state index in [9.17, 15) is 4.79 Å². The van der Waals surface area contributed by atoms with Crippen molar-refractivity contribution in [3.05, 3.63) is 40.9 Å². The molecule has 2 aromatic rings. The number of carbonyl (C=O) groups excluding carboxylic acids is 1. The van der Waals surface area contributed by atoms with Gasteiger partial charge in [0.1, 0.15) is 5.01 Å². The fourth-order valence-electron chi connectivity index (χ4n) is 3.11. The Balaban J connectivity index is 1.51. The molecule has 0 aliphatic carbocycles. The molecule has 1 aromatic heterocycles. The minimum absolute atomic E-state index is 0.00872. The molecule has 0 bridgehead atoms. The van der Waals surface area contributed by atoms with Gasteiger partial charge in [0.15, 0.2) is 0 Å². The highest BCUT2D eigenvalue weighted by Crippen LogP contribution is 2.25. The summed E-state index contributed by atoms with van der Waals surface area (Å²) in [6.45, 7) is 8.50. The molecule has 2 heterocycles. The maximum Gasteiger partial charge on any atom is 0.226 e. The molecule has 3 rings (SSSR count). The Kier molecular flexibility index (Phi) is 8.42. The molecule has 0 saturated carbocycles. The number of ether oxygens (including phenoxy) is 2. The van der Waals surface area contributed by atoms with Gasteiger partial charge >= 0.3 is 0 Å². The summed E-state index contributed by atoms with van der Waals surface area (Å²) in [7, 11) is 0. The van der Waals surface area contributed by atoms with Gasteiger partial charge in [0.2, 0.25) is 5.91 Å². The number of aromatic nitrogens is 1. The molecule has 0 atom stereocenters. The van der Waals surface area contributed by atoms with E-state index in [4.69, 9.17) is 9.47 Å². The normalized spacial score (nSPS) is 14.9. The van der Waals surface area contributed by atoms with Gasteiger partial charge in [0, 0.05) is 50.3 Å². The summed E-state index contributed by atoms with van der Waals surface area (Å²) in [5.74, 6) is 0.00872. The second-order valence-electron chi connectivity index (χ2n) is 6.81. The minimum Gasteiger partial charge on any atom is -0.382 e. The van der Waals surface area contributed by atoms with Crippen molar-refractivity contribution in [1.29, 1.82) is 0 Å². The van der Waals surface area contributed by atoms with Crippen LogP contribution >= 0.6 is 11.3 Å². The van der Waals surface area contributed by atoms with Crippen LogP contribution in [0.1, 0.15) is 24.6 Å². The fraction of sp³-hybridized carbons (Fsp3) is 0.524. The summed E-state index contributed by atoms with van der Waals surface area (Å²) >= 11 is 1.59. The summed E-state index contributed by atoms with van der Waals surface area (Å²) in [5.41, 5.74) is 3.21. The number of nitrogens with one attached hydrogen (secondary N) is 1. The van der Waals surface area contributed by atoms with Gasteiger partial charge in [-0.05, 0) is 25.0 Å². The zero-order valence-corrected chi connectivity index (χ0v) is 17.3. The molecular weight excluding hydrogens is 374 g/mol. The zero-order chi connectivity index (χ0) is 19.6. The molecule has 28 heavy (non-hydrogen) atoms. The van der Waals surface area contributed by atoms with Crippen LogP contribution in [0.4, 0.5) is 0 Å². The van der Waals surface area contributed by atoms with Crippen molar-refractivity contribution in [3.63, 3.8) is 0 Å². The predicted octanol–water partition coefficient (Wildman–Crippen LogP) is 2.73. The average molecular weight is 404 g/mol. The first-order valence-corrected chi connectivity index (χ1v) is 10.8. The lowest BCUT2D eigenvalue weighted by Gasteiger charge is -2.26. The van der Waals surface area contributed by atoms with E-state index in [-0.39, 0.29) is 5.91 Å². The van der Waals surface area contributed by atoms with E-state index >= 15 is 0 Å². The first kappa shape index (κ1) is 20.9. The molecule has 1 fully saturated rings. The van der Waals surface area contributed by atoms with Crippen LogP contribution in [0, 0.1) is 0 Å². The minimum atomic E-state index is 0.00872. The number of morpholine rings is 1. The number of amides is 1. The summed E-state index contributed by atoms with van der Waals surface area (Å²) in [5, 5.41) is 5.86. The number of rotatable bonds is 10. The van der Waals surface area contributed by atoms with Gasteiger partial charge in [-0.25, -0.2) is 4.98 Å². The van der Waals surface area contributed by atoms with Gasteiger partial charge in [-0.2, -0.15) is 0 Å². The van der Waals surface area contributed by atoms with E-state index in [1.807, 2.05) is 12.3 Å². The Bertz CT molecular complexity index is 744. The third kappa shape index (κ3) is 6.67. The van der Waals surface area contributed by atoms with E-state index in [0.717, 1.165) is 55.5 Å². The highest BCUT2D eigenvalue weighted by atomic mass is 32.1. The Morgan fingerprint density at radius 3 is 3.04 bits per heavy atom. The molecule has 1 amide bonds. The predicted molar refractivity (Wildman–Crippen MR) is 111 cm³/mol. The van der Waals surface area contributed by atoms with Crippen molar-refractivity contribution in [2.75, 3.05) is 46.1 Å². The van der Waals surface area contributed by atoms with Crippen LogP contribution in [0.5, 0.6) is 0 Å². The zero-order valence-electron chi connectivity index (χ0n) is 16.5. The van der Waals surface area contributed by atoms with Crippen molar-refractivity contribution in [2.45, 2.75) is 26.3 Å². The molecular formula is C21H29N3O3S. The first-order chi connectivity index (χ1) is 13.7. The maximum absolute atomic E-state index is 12.1. The molecule has 1 N–H and O–H groups in total. The van der Waals surface area contributed by atoms with E-state index in [1.165, 1.54) is 5.56 Å². The highest BCUT2D eigenvalue weighted by Gasteiger charge is 2.12. The highest BCUT2D eigenvalue weighted by molar-refractivity contribution is 7.13. The third-order valence-corrected chi connectivity index (χ3v) is 5.51. The third-order valence-electron chi connectivity index (χ3n) is 4.57. The molecule has 152 valence electrons. The Morgan fingerprint density at radius 2 is 2.21 bits per heavy atom. The van der Waals surface area contributed by atoms with E-state index < -0.39 is 0 Å². The molecule has 0 spiro atoms.